The van der Waals surface area contributed by atoms with Crippen molar-refractivity contribution < 1.29 is 18.9 Å². The first-order valence-corrected chi connectivity index (χ1v) is 8.81. The Balaban J connectivity index is 1.68. The molecule has 0 saturated carbocycles. The van der Waals surface area contributed by atoms with E-state index in [0.717, 1.165) is 11.3 Å². The number of hydrogen-bond acceptors (Lipinski definition) is 5. The second kappa shape index (κ2) is 8.39. The van der Waals surface area contributed by atoms with Gasteiger partial charge in [-0.15, -0.1) is 0 Å². The Hall–Kier alpha value is -3.61. The van der Waals surface area contributed by atoms with Crippen LogP contribution in [0.4, 0.5) is 11.4 Å². The van der Waals surface area contributed by atoms with Gasteiger partial charge in [-0.25, -0.2) is 0 Å². The zero-order valence-electron chi connectivity index (χ0n) is 15.5. The number of anilines is 1. The van der Waals surface area contributed by atoms with Gasteiger partial charge >= 0.3 is 5.69 Å². The number of carbonyl (C=O) groups is 1. The van der Waals surface area contributed by atoms with E-state index in [2.05, 4.69) is 19.2 Å². The van der Waals surface area contributed by atoms with E-state index in [0.29, 0.717) is 5.76 Å². The second-order valence-corrected chi connectivity index (χ2v) is 6.48. The molecule has 3 rings (SSSR count). The minimum Gasteiger partial charge on any atom is -0.479 e. The molecule has 7 heteroatoms. The van der Waals surface area contributed by atoms with Crippen LogP contribution < -0.4 is 10.1 Å². The number of nitro benzene ring substituents is 1. The van der Waals surface area contributed by atoms with Crippen LogP contribution in [0.15, 0.2) is 65.1 Å². The first-order chi connectivity index (χ1) is 13.5. The van der Waals surface area contributed by atoms with Crippen LogP contribution in [0.2, 0.25) is 0 Å². The molecule has 0 aliphatic rings. The highest BCUT2D eigenvalue weighted by Crippen LogP contribution is 2.27. The van der Waals surface area contributed by atoms with Crippen molar-refractivity contribution in [1.82, 2.24) is 0 Å². The number of carbonyl (C=O) groups excluding carboxylic acids is 1. The second-order valence-electron chi connectivity index (χ2n) is 6.48. The molecule has 0 bridgehead atoms. The first kappa shape index (κ1) is 19.2. The molecule has 144 valence electrons. The molecule has 0 saturated heterocycles. The zero-order chi connectivity index (χ0) is 20.1. The highest BCUT2D eigenvalue weighted by Gasteiger charge is 2.17. The Labute approximate surface area is 162 Å². The molecule has 0 aliphatic heterocycles. The van der Waals surface area contributed by atoms with Crippen molar-refractivity contribution >= 4 is 17.3 Å². The summed E-state index contributed by atoms with van der Waals surface area (Å²) in [7, 11) is 0. The van der Waals surface area contributed by atoms with Crippen molar-refractivity contribution in [3.05, 3.63) is 87.9 Å². The van der Waals surface area contributed by atoms with Gasteiger partial charge in [-0.2, -0.15) is 0 Å². The summed E-state index contributed by atoms with van der Waals surface area (Å²) in [5, 5.41) is 13.9. The molecule has 0 spiro atoms. The summed E-state index contributed by atoms with van der Waals surface area (Å²) in [6.07, 6.45) is 0. The topological polar surface area (TPSA) is 94.6 Å². The number of nitrogens with zero attached hydrogens (tertiary/aromatic N) is 1. The molecule has 1 N–H and O–H groups in total. The van der Waals surface area contributed by atoms with Gasteiger partial charge in [0.15, 0.2) is 11.5 Å². The molecule has 3 aromatic rings. The molecule has 28 heavy (non-hydrogen) atoms. The van der Waals surface area contributed by atoms with Crippen molar-refractivity contribution in [2.45, 2.75) is 26.4 Å². The van der Waals surface area contributed by atoms with E-state index in [-0.39, 0.29) is 35.6 Å². The van der Waals surface area contributed by atoms with Crippen LogP contribution in [-0.2, 0) is 6.61 Å². The summed E-state index contributed by atoms with van der Waals surface area (Å²) >= 11 is 0. The van der Waals surface area contributed by atoms with Crippen molar-refractivity contribution in [3.63, 3.8) is 0 Å². The Morgan fingerprint density at radius 3 is 2.57 bits per heavy atom. The van der Waals surface area contributed by atoms with E-state index < -0.39 is 4.92 Å². The van der Waals surface area contributed by atoms with Gasteiger partial charge in [-0.1, -0.05) is 44.2 Å². The van der Waals surface area contributed by atoms with Gasteiger partial charge in [0.05, 0.1) is 4.92 Å². The third kappa shape index (κ3) is 4.37. The molecule has 7 nitrogen and oxygen atoms in total. The minimum absolute atomic E-state index is 0.0271. The summed E-state index contributed by atoms with van der Waals surface area (Å²) in [5.74, 6) is 0.560. The third-order valence-electron chi connectivity index (χ3n) is 4.15. The van der Waals surface area contributed by atoms with Crippen LogP contribution in [0, 0.1) is 10.1 Å². The predicted octanol–water partition coefficient (Wildman–Crippen LogP) is 5.14. The van der Waals surface area contributed by atoms with Gasteiger partial charge in [0.25, 0.3) is 5.91 Å². The van der Waals surface area contributed by atoms with Crippen LogP contribution in [0.5, 0.6) is 5.75 Å². The number of ether oxygens (including phenoxy) is 1. The monoisotopic (exact) mass is 380 g/mol. The number of para-hydroxylation sites is 3. The normalized spacial score (nSPS) is 10.7. The Bertz CT molecular complexity index is 994. The molecule has 0 unspecified atom stereocenters. The van der Waals surface area contributed by atoms with Gasteiger partial charge in [-0.05, 0) is 35.7 Å². The SMILES string of the molecule is CC(C)c1ccccc1NC(=O)c1ccc(COc2ccccc2[N+](=O)[O-])o1. The van der Waals surface area contributed by atoms with E-state index in [4.69, 9.17) is 9.15 Å². The zero-order valence-corrected chi connectivity index (χ0v) is 15.5. The van der Waals surface area contributed by atoms with Gasteiger partial charge in [0.2, 0.25) is 0 Å². The average molecular weight is 380 g/mol. The molecule has 0 fully saturated rings. The van der Waals surface area contributed by atoms with Gasteiger partial charge in [0.1, 0.15) is 12.4 Å². The summed E-state index contributed by atoms with van der Waals surface area (Å²) in [6.45, 7) is 4.08. The molecular weight excluding hydrogens is 360 g/mol. The molecule has 1 amide bonds. The number of rotatable bonds is 7. The van der Waals surface area contributed by atoms with E-state index in [1.807, 2.05) is 24.3 Å². The fourth-order valence-corrected chi connectivity index (χ4v) is 2.75. The Morgan fingerprint density at radius 1 is 1.11 bits per heavy atom. The summed E-state index contributed by atoms with van der Waals surface area (Å²) in [6, 6.07) is 16.8. The average Bonchev–Trinajstić information content (AvgIpc) is 3.16. The molecule has 0 aliphatic carbocycles. The molecule has 0 radical (unpaired) electrons. The summed E-state index contributed by atoms with van der Waals surface area (Å²) in [5.41, 5.74) is 1.64. The maximum absolute atomic E-state index is 12.5. The lowest BCUT2D eigenvalue weighted by Gasteiger charge is -2.12. The third-order valence-corrected chi connectivity index (χ3v) is 4.15. The predicted molar refractivity (Wildman–Crippen MR) is 105 cm³/mol. The van der Waals surface area contributed by atoms with Crippen molar-refractivity contribution in [2.24, 2.45) is 0 Å². The largest absolute Gasteiger partial charge is 0.479 e. The lowest BCUT2D eigenvalue weighted by atomic mass is 10.0. The van der Waals surface area contributed by atoms with Crippen molar-refractivity contribution in [1.29, 1.82) is 0 Å². The Kier molecular flexibility index (Phi) is 5.74. The fourth-order valence-electron chi connectivity index (χ4n) is 2.75. The minimum atomic E-state index is -0.511. The smallest absolute Gasteiger partial charge is 0.310 e. The summed E-state index contributed by atoms with van der Waals surface area (Å²) < 4.78 is 11.0. The molecule has 2 aromatic carbocycles. The lowest BCUT2D eigenvalue weighted by Crippen LogP contribution is -2.12. The van der Waals surface area contributed by atoms with E-state index in [1.165, 1.54) is 12.1 Å². The first-order valence-electron chi connectivity index (χ1n) is 8.81. The summed E-state index contributed by atoms with van der Waals surface area (Å²) in [4.78, 5) is 23.0. The van der Waals surface area contributed by atoms with Crippen LogP contribution in [-0.4, -0.2) is 10.8 Å². The fraction of sp³-hybridized carbons (Fsp3) is 0.190. The van der Waals surface area contributed by atoms with Crippen molar-refractivity contribution in [3.8, 4) is 5.75 Å². The molecule has 1 aromatic heterocycles. The highest BCUT2D eigenvalue weighted by molar-refractivity contribution is 6.02. The molecule has 1 heterocycles. The van der Waals surface area contributed by atoms with Crippen LogP contribution in [0.3, 0.4) is 0 Å². The number of furan rings is 1. The maximum atomic E-state index is 12.5. The van der Waals surface area contributed by atoms with E-state index >= 15 is 0 Å². The number of nitro groups is 1. The van der Waals surface area contributed by atoms with E-state index in [1.54, 1.807) is 24.3 Å². The quantitative estimate of drug-likeness (QED) is 0.452. The number of amides is 1. The molecular formula is C21H20N2O5. The standard InChI is InChI=1S/C21H20N2O5/c1-14(2)16-7-3-4-8-17(16)22-21(24)20-12-11-15(28-20)13-27-19-10-6-5-9-18(19)23(25)26/h3-12,14H,13H2,1-2H3,(H,22,24). The van der Waals surface area contributed by atoms with Crippen molar-refractivity contribution in [2.75, 3.05) is 5.32 Å². The van der Waals surface area contributed by atoms with E-state index in [9.17, 15) is 14.9 Å². The van der Waals surface area contributed by atoms with Gasteiger partial charge < -0.3 is 14.5 Å². The number of nitrogens with one attached hydrogen (secondary N) is 1. The Morgan fingerprint density at radius 2 is 1.82 bits per heavy atom. The van der Waals surface area contributed by atoms with Crippen LogP contribution in [0.1, 0.15) is 41.6 Å². The van der Waals surface area contributed by atoms with Gasteiger partial charge in [-0.3, -0.25) is 14.9 Å². The lowest BCUT2D eigenvalue weighted by molar-refractivity contribution is -0.386. The highest BCUT2D eigenvalue weighted by atomic mass is 16.6. The van der Waals surface area contributed by atoms with Crippen LogP contribution >= 0.6 is 0 Å². The number of hydrogen-bond donors (Lipinski definition) is 1. The van der Waals surface area contributed by atoms with Crippen LogP contribution in [0.25, 0.3) is 0 Å². The number of benzene rings is 2. The maximum Gasteiger partial charge on any atom is 0.310 e. The van der Waals surface area contributed by atoms with Gasteiger partial charge in [0, 0.05) is 11.8 Å². The molecule has 0 atom stereocenters.